The molecule has 0 spiro atoms. The number of hydrogen-bond acceptors (Lipinski definition) is 3. The fourth-order valence-corrected chi connectivity index (χ4v) is 1.47. The Bertz CT molecular complexity index is 510. The van der Waals surface area contributed by atoms with Gasteiger partial charge in [-0.2, -0.15) is 0 Å². The second-order valence-corrected chi connectivity index (χ2v) is 3.04. The van der Waals surface area contributed by atoms with E-state index in [0.29, 0.717) is 16.5 Å². The number of carboxylic acid groups (broad SMARTS) is 1. The van der Waals surface area contributed by atoms with Crippen LogP contribution in [0.15, 0.2) is 22.8 Å². The molecule has 72 valence electrons. The van der Waals surface area contributed by atoms with E-state index < -0.39 is 5.97 Å². The van der Waals surface area contributed by atoms with Crippen LogP contribution in [0.2, 0.25) is 0 Å². The Labute approximate surface area is 79.4 Å². The number of rotatable bonds is 1. The van der Waals surface area contributed by atoms with Gasteiger partial charge in [-0.25, -0.2) is 4.79 Å². The van der Waals surface area contributed by atoms with Crippen LogP contribution < -0.4 is 0 Å². The van der Waals surface area contributed by atoms with Gasteiger partial charge in [0.15, 0.2) is 0 Å². The van der Waals surface area contributed by atoms with Crippen molar-refractivity contribution in [2.75, 3.05) is 0 Å². The van der Waals surface area contributed by atoms with Gasteiger partial charge in [-0.15, -0.1) is 0 Å². The monoisotopic (exact) mass is 192 g/mol. The third kappa shape index (κ3) is 1.04. The van der Waals surface area contributed by atoms with Crippen LogP contribution in [-0.4, -0.2) is 16.2 Å². The molecule has 0 saturated heterocycles. The molecule has 2 rings (SSSR count). The summed E-state index contributed by atoms with van der Waals surface area (Å²) in [5, 5.41) is 18.9. The number of aromatic hydroxyl groups is 1. The van der Waals surface area contributed by atoms with Gasteiger partial charge < -0.3 is 14.6 Å². The van der Waals surface area contributed by atoms with Crippen LogP contribution in [-0.2, 0) is 0 Å². The van der Waals surface area contributed by atoms with Crippen LogP contribution in [0.1, 0.15) is 15.9 Å². The molecule has 0 unspecified atom stereocenters. The molecule has 0 aliphatic heterocycles. The van der Waals surface area contributed by atoms with Crippen molar-refractivity contribution in [3.8, 4) is 5.75 Å². The van der Waals surface area contributed by atoms with E-state index in [4.69, 9.17) is 9.52 Å². The average Bonchev–Trinajstić information content (AvgIpc) is 2.59. The minimum Gasteiger partial charge on any atom is -0.507 e. The van der Waals surface area contributed by atoms with Crippen molar-refractivity contribution < 1.29 is 19.4 Å². The Morgan fingerprint density at radius 3 is 2.86 bits per heavy atom. The lowest BCUT2D eigenvalue weighted by molar-refractivity contribution is 0.0695. The van der Waals surface area contributed by atoms with Gasteiger partial charge >= 0.3 is 5.97 Å². The van der Waals surface area contributed by atoms with Crippen molar-refractivity contribution in [1.29, 1.82) is 0 Å². The molecule has 0 radical (unpaired) electrons. The molecule has 0 fully saturated rings. The summed E-state index contributed by atoms with van der Waals surface area (Å²) < 4.78 is 5.10. The van der Waals surface area contributed by atoms with Crippen LogP contribution >= 0.6 is 0 Å². The number of aryl methyl sites for hydroxylation is 1. The second-order valence-electron chi connectivity index (χ2n) is 3.04. The molecule has 0 bridgehead atoms. The van der Waals surface area contributed by atoms with Crippen molar-refractivity contribution in [1.82, 2.24) is 0 Å². The van der Waals surface area contributed by atoms with Crippen LogP contribution in [0.25, 0.3) is 11.0 Å². The minimum atomic E-state index is -1.07. The molecule has 1 aromatic carbocycles. The normalized spacial score (nSPS) is 10.6. The van der Waals surface area contributed by atoms with Gasteiger partial charge in [0.05, 0.1) is 17.2 Å². The first-order valence-electron chi connectivity index (χ1n) is 4.04. The van der Waals surface area contributed by atoms with Crippen LogP contribution in [0.3, 0.4) is 0 Å². The SMILES string of the molecule is Cc1c(C(=O)O)cc(O)c2ccoc12. The summed E-state index contributed by atoms with van der Waals surface area (Å²) in [5.41, 5.74) is 1.00. The van der Waals surface area contributed by atoms with Crippen molar-refractivity contribution in [2.24, 2.45) is 0 Å². The van der Waals surface area contributed by atoms with E-state index in [1.807, 2.05) is 0 Å². The highest BCUT2D eigenvalue weighted by Crippen LogP contribution is 2.30. The molecular formula is C10H8O4. The smallest absolute Gasteiger partial charge is 0.336 e. The molecule has 0 aliphatic rings. The first kappa shape index (κ1) is 8.62. The van der Waals surface area contributed by atoms with Crippen LogP contribution in [0.5, 0.6) is 5.75 Å². The zero-order chi connectivity index (χ0) is 10.3. The Morgan fingerprint density at radius 1 is 1.50 bits per heavy atom. The number of carboxylic acids is 1. The number of aromatic carboxylic acids is 1. The average molecular weight is 192 g/mol. The maximum absolute atomic E-state index is 10.8. The zero-order valence-electron chi connectivity index (χ0n) is 7.44. The highest BCUT2D eigenvalue weighted by atomic mass is 16.4. The quantitative estimate of drug-likeness (QED) is 0.726. The van der Waals surface area contributed by atoms with E-state index in [1.165, 1.54) is 12.3 Å². The topological polar surface area (TPSA) is 70.7 Å². The molecule has 1 heterocycles. The molecule has 2 aromatic rings. The fraction of sp³-hybridized carbons (Fsp3) is 0.100. The van der Waals surface area contributed by atoms with E-state index in [0.717, 1.165) is 0 Å². The summed E-state index contributed by atoms with van der Waals surface area (Å²) in [7, 11) is 0. The lowest BCUT2D eigenvalue weighted by Gasteiger charge is -2.02. The van der Waals surface area contributed by atoms with Crippen LogP contribution in [0, 0.1) is 6.92 Å². The summed E-state index contributed by atoms with van der Waals surface area (Å²) in [6.07, 6.45) is 1.42. The summed E-state index contributed by atoms with van der Waals surface area (Å²) >= 11 is 0. The Hall–Kier alpha value is -1.97. The predicted molar refractivity (Wildman–Crippen MR) is 49.6 cm³/mol. The molecule has 14 heavy (non-hydrogen) atoms. The third-order valence-corrected chi connectivity index (χ3v) is 2.20. The maximum atomic E-state index is 10.8. The lowest BCUT2D eigenvalue weighted by atomic mass is 10.1. The van der Waals surface area contributed by atoms with E-state index in [-0.39, 0.29) is 11.3 Å². The summed E-state index contributed by atoms with van der Waals surface area (Å²) in [6, 6.07) is 2.83. The third-order valence-electron chi connectivity index (χ3n) is 2.20. The summed E-state index contributed by atoms with van der Waals surface area (Å²) in [5.74, 6) is -1.15. The predicted octanol–water partition coefficient (Wildman–Crippen LogP) is 2.15. The number of fused-ring (bicyclic) bond motifs is 1. The van der Waals surface area contributed by atoms with Crippen LogP contribution in [0.4, 0.5) is 0 Å². The molecule has 4 heteroatoms. The molecule has 0 saturated carbocycles. The van der Waals surface area contributed by atoms with E-state index in [2.05, 4.69) is 0 Å². The molecular weight excluding hydrogens is 184 g/mol. The van der Waals surface area contributed by atoms with Gasteiger partial charge in [0, 0.05) is 5.56 Å². The molecule has 0 atom stereocenters. The lowest BCUT2D eigenvalue weighted by Crippen LogP contribution is -1.99. The van der Waals surface area contributed by atoms with E-state index in [1.54, 1.807) is 13.0 Å². The highest BCUT2D eigenvalue weighted by molar-refractivity contribution is 5.98. The van der Waals surface area contributed by atoms with Crippen molar-refractivity contribution in [2.45, 2.75) is 6.92 Å². The van der Waals surface area contributed by atoms with Crippen molar-refractivity contribution in [3.05, 3.63) is 29.5 Å². The van der Waals surface area contributed by atoms with Crippen molar-refractivity contribution in [3.63, 3.8) is 0 Å². The van der Waals surface area contributed by atoms with Gasteiger partial charge in [-0.3, -0.25) is 0 Å². The van der Waals surface area contributed by atoms with Gasteiger partial charge in [-0.05, 0) is 19.1 Å². The Balaban J connectivity index is 2.88. The largest absolute Gasteiger partial charge is 0.507 e. The second kappa shape index (κ2) is 2.77. The van der Waals surface area contributed by atoms with E-state index >= 15 is 0 Å². The van der Waals surface area contributed by atoms with Crippen molar-refractivity contribution >= 4 is 16.9 Å². The number of hydrogen-bond donors (Lipinski definition) is 2. The Kier molecular flexibility index (Phi) is 1.70. The minimum absolute atomic E-state index is 0.0601. The highest BCUT2D eigenvalue weighted by Gasteiger charge is 2.15. The zero-order valence-corrected chi connectivity index (χ0v) is 7.44. The number of benzene rings is 1. The van der Waals surface area contributed by atoms with Gasteiger partial charge in [0.2, 0.25) is 0 Å². The molecule has 0 amide bonds. The summed E-state index contributed by atoms with van der Waals surface area (Å²) in [4.78, 5) is 10.8. The number of carbonyl (C=O) groups is 1. The molecule has 1 aromatic heterocycles. The number of phenolic OH excluding ortho intramolecular Hbond substituents is 1. The van der Waals surface area contributed by atoms with Gasteiger partial charge in [-0.1, -0.05) is 0 Å². The van der Waals surface area contributed by atoms with Gasteiger partial charge in [0.1, 0.15) is 11.3 Å². The fourth-order valence-electron chi connectivity index (χ4n) is 1.47. The number of phenols is 1. The molecule has 0 aliphatic carbocycles. The first-order chi connectivity index (χ1) is 6.61. The maximum Gasteiger partial charge on any atom is 0.336 e. The number of furan rings is 1. The molecule has 4 nitrogen and oxygen atoms in total. The molecule has 2 N–H and O–H groups in total. The first-order valence-corrected chi connectivity index (χ1v) is 4.04. The Morgan fingerprint density at radius 2 is 2.21 bits per heavy atom. The summed E-state index contributed by atoms with van der Waals surface area (Å²) in [6.45, 7) is 1.65. The van der Waals surface area contributed by atoms with Gasteiger partial charge in [0.25, 0.3) is 0 Å². The standard InChI is InChI=1S/C10H8O4/c1-5-7(10(12)13)4-8(11)6-2-3-14-9(5)6/h2-4,11H,1H3,(H,12,13). The van der Waals surface area contributed by atoms with E-state index in [9.17, 15) is 9.90 Å².